The third kappa shape index (κ3) is 4.80. The van der Waals surface area contributed by atoms with Crippen molar-refractivity contribution in [1.82, 2.24) is 19.5 Å². The van der Waals surface area contributed by atoms with Crippen molar-refractivity contribution < 1.29 is 19.1 Å². The third-order valence-corrected chi connectivity index (χ3v) is 12.2. The number of aliphatic hydroxyl groups excluding tert-OH is 1. The number of anilines is 1. The van der Waals surface area contributed by atoms with E-state index in [0.29, 0.717) is 29.2 Å². The molecule has 1 aliphatic heterocycles. The van der Waals surface area contributed by atoms with Crippen LogP contribution in [0.3, 0.4) is 0 Å². The molecule has 2 N–H and O–H groups in total. The average molecular weight is 549 g/mol. The number of imidazole rings is 1. The van der Waals surface area contributed by atoms with Crippen molar-refractivity contribution in [2.24, 2.45) is 0 Å². The summed E-state index contributed by atoms with van der Waals surface area (Å²) in [6.45, 7) is 11.3. The van der Waals surface area contributed by atoms with Crippen molar-refractivity contribution in [1.29, 1.82) is 0 Å². The molecule has 0 unspecified atom stereocenters. The van der Waals surface area contributed by atoms with Gasteiger partial charge in [-0.15, -0.1) is 0 Å². The van der Waals surface area contributed by atoms with Crippen molar-refractivity contribution in [3.8, 4) is 0 Å². The van der Waals surface area contributed by atoms with Gasteiger partial charge in [0, 0.05) is 5.56 Å². The number of rotatable bonds is 6. The van der Waals surface area contributed by atoms with Crippen molar-refractivity contribution in [3.05, 3.63) is 48.5 Å². The summed E-state index contributed by atoms with van der Waals surface area (Å²) in [5.74, 6) is -0.00559. The van der Waals surface area contributed by atoms with Crippen molar-refractivity contribution in [2.75, 3.05) is 11.9 Å². The second-order valence-electron chi connectivity index (χ2n) is 9.94. The van der Waals surface area contributed by atoms with Gasteiger partial charge in [0.2, 0.25) is 0 Å². The van der Waals surface area contributed by atoms with Crippen LogP contribution >= 0.6 is 15.9 Å². The molecule has 1 saturated heterocycles. The molecular formula is C23H30BrN5O4Si. The van der Waals surface area contributed by atoms with Crippen LogP contribution in [0.25, 0.3) is 11.2 Å². The normalized spacial score (nSPS) is 23.4. The predicted octanol–water partition coefficient (Wildman–Crippen LogP) is 4.12. The van der Waals surface area contributed by atoms with Crippen molar-refractivity contribution in [3.63, 3.8) is 0 Å². The smallest absolute Gasteiger partial charge is 0.256 e. The first-order chi connectivity index (χ1) is 16.0. The molecule has 34 heavy (non-hydrogen) atoms. The number of halogens is 1. The number of nitrogens with zero attached hydrogens (tertiary/aromatic N) is 4. The molecule has 4 atom stereocenters. The Kier molecular flexibility index (Phi) is 6.94. The molecule has 3 heterocycles. The Morgan fingerprint density at radius 3 is 2.62 bits per heavy atom. The van der Waals surface area contributed by atoms with Gasteiger partial charge in [0.1, 0.15) is 12.4 Å². The summed E-state index contributed by atoms with van der Waals surface area (Å²) in [7, 11) is -1.97. The van der Waals surface area contributed by atoms with Crippen LogP contribution < -0.4 is 5.32 Å². The summed E-state index contributed by atoms with van der Waals surface area (Å²) in [5, 5.41) is 13.8. The molecule has 0 saturated carbocycles. The quantitative estimate of drug-likeness (QED) is 0.352. The van der Waals surface area contributed by atoms with E-state index in [0.717, 1.165) is 0 Å². The summed E-state index contributed by atoms with van der Waals surface area (Å²) >= 11 is 3.59. The van der Waals surface area contributed by atoms with E-state index in [2.05, 4.69) is 70.1 Å². The van der Waals surface area contributed by atoms with Crippen LogP contribution in [0.15, 0.2) is 43.0 Å². The fraction of sp³-hybridized carbons (Fsp3) is 0.478. The molecule has 4 rings (SSSR count). The summed E-state index contributed by atoms with van der Waals surface area (Å²) in [6.07, 6.45) is 0.997. The Bertz CT molecular complexity index is 1170. The number of aromatic nitrogens is 4. The fourth-order valence-electron chi connectivity index (χ4n) is 3.48. The fourth-order valence-corrected chi connectivity index (χ4v) is 5.03. The molecule has 0 aliphatic carbocycles. The van der Waals surface area contributed by atoms with Crippen LogP contribution in [0.4, 0.5) is 5.82 Å². The Labute approximate surface area is 208 Å². The first-order valence-electron chi connectivity index (χ1n) is 11.1. The summed E-state index contributed by atoms with van der Waals surface area (Å²) < 4.78 is 14.2. The summed E-state index contributed by atoms with van der Waals surface area (Å²) in [6, 6.07) is 8.87. The van der Waals surface area contributed by atoms with Crippen LogP contribution in [0.5, 0.6) is 0 Å². The molecule has 11 heteroatoms. The number of benzene rings is 1. The number of aliphatic hydroxyl groups is 1. The average Bonchev–Trinajstić information content (AvgIpc) is 3.34. The van der Waals surface area contributed by atoms with Crippen LogP contribution in [-0.4, -0.2) is 62.5 Å². The highest BCUT2D eigenvalue weighted by Gasteiger charge is 2.46. The number of amides is 1. The molecule has 1 aromatic carbocycles. The standard InChI is InChI=1S/C23H30BrN5O4Si/c1-23(2,3)34(4,5)32-11-15-16(24)18(30)22(33-15)29-13-27-17-19(25-12-26-20(17)29)28-21(31)14-9-7-6-8-10-14/h6-10,12-13,15-16,18,22,30H,11H2,1-5H3,(H,25,26,28,31)/t15-,16+,18-,22-/m1/s1. The third-order valence-electron chi connectivity index (χ3n) is 6.60. The number of hydrogen-bond donors (Lipinski definition) is 2. The molecule has 9 nitrogen and oxygen atoms in total. The van der Waals surface area contributed by atoms with E-state index in [9.17, 15) is 9.90 Å². The Hall–Kier alpha value is -2.18. The number of hydrogen-bond acceptors (Lipinski definition) is 7. The van der Waals surface area contributed by atoms with E-state index in [1.165, 1.54) is 6.33 Å². The number of ether oxygens (including phenoxy) is 1. The minimum Gasteiger partial charge on any atom is -0.414 e. The van der Waals surface area contributed by atoms with Crippen LogP contribution in [-0.2, 0) is 9.16 Å². The SMILES string of the molecule is CC(C)(C)[Si](C)(C)OC[C@H]1O[C@@H](n2cnc3c(NC(=O)c4ccccc4)ncnc32)[C@H](O)[C@H]1Br. The van der Waals surface area contributed by atoms with Gasteiger partial charge in [-0.3, -0.25) is 9.36 Å². The molecular weight excluding hydrogens is 518 g/mol. The van der Waals surface area contributed by atoms with E-state index < -0.39 is 20.6 Å². The monoisotopic (exact) mass is 547 g/mol. The first-order valence-corrected chi connectivity index (χ1v) is 15.0. The van der Waals surface area contributed by atoms with Gasteiger partial charge in [-0.25, -0.2) is 15.0 Å². The number of fused-ring (bicyclic) bond motifs is 1. The molecule has 1 fully saturated rings. The lowest BCUT2D eigenvalue weighted by Gasteiger charge is -2.37. The molecule has 182 valence electrons. The first kappa shape index (κ1) is 24.9. The zero-order valence-corrected chi connectivity index (χ0v) is 22.5. The number of carbonyl (C=O) groups is 1. The Morgan fingerprint density at radius 1 is 1.24 bits per heavy atom. The minimum absolute atomic E-state index is 0.0729. The van der Waals surface area contributed by atoms with E-state index in [4.69, 9.17) is 9.16 Å². The lowest BCUT2D eigenvalue weighted by molar-refractivity contribution is -0.0470. The minimum atomic E-state index is -1.97. The van der Waals surface area contributed by atoms with Crippen LogP contribution in [0, 0.1) is 0 Å². The largest absolute Gasteiger partial charge is 0.414 e. The van der Waals surface area contributed by atoms with E-state index in [1.54, 1.807) is 35.2 Å². The highest BCUT2D eigenvalue weighted by molar-refractivity contribution is 9.09. The van der Waals surface area contributed by atoms with Gasteiger partial charge in [-0.2, -0.15) is 0 Å². The van der Waals surface area contributed by atoms with E-state index in [-0.39, 0.29) is 21.9 Å². The number of nitrogens with one attached hydrogen (secondary N) is 1. The second-order valence-corrected chi connectivity index (χ2v) is 15.8. The molecule has 0 radical (unpaired) electrons. The van der Waals surface area contributed by atoms with Crippen LogP contribution in [0.1, 0.15) is 37.4 Å². The van der Waals surface area contributed by atoms with Crippen molar-refractivity contribution >= 4 is 47.1 Å². The van der Waals surface area contributed by atoms with Gasteiger partial charge < -0.3 is 19.6 Å². The van der Waals surface area contributed by atoms with Gasteiger partial charge >= 0.3 is 0 Å². The van der Waals surface area contributed by atoms with Gasteiger partial charge in [0.25, 0.3) is 5.91 Å². The van der Waals surface area contributed by atoms with Gasteiger partial charge in [-0.05, 0) is 30.3 Å². The zero-order valence-electron chi connectivity index (χ0n) is 19.9. The van der Waals surface area contributed by atoms with E-state index >= 15 is 0 Å². The lowest BCUT2D eigenvalue weighted by Crippen LogP contribution is -2.43. The molecule has 1 aliphatic rings. The number of alkyl halides is 1. The lowest BCUT2D eigenvalue weighted by atomic mass is 10.2. The van der Waals surface area contributed by atoms with Crippen molar-refractivity contribution in [2.45, 2.75) is 62.2 Å². The Balaban J connectivity index is 1.54. The van der Waals surface area contributed by atoms with Crippen LogP contribution in [0.2, 0.25) is 18.1 Å². The molecule has 3 aromatic rings. The van der Waals surface area contributed by atoms with Gasteiger partial charge in [-0.1, -0.05) is 54.9 Å². The topological polar surface area (TPSA) is 111 Å². The second kappa shape index (κ2) is 9.46. The highest BCUT2D eigenvalue weighted by atomic mass is 79.9. The van der Waals surface area contributed by atoms with Gasteiger partial charge in [0.05, 0.1) is 23.9 Å². The maximum Gasteiger partial charge on any atom is 0.256 e. The highest BCUT2D eigenvalue weighted by Crippen LogP contribution is 2.39. The molecule has 0 bridgehead atoms. The zero-order chi connectivity index (χ0) is 24.7. The molecule has 1 amide bonds. The molecule has 0 spiro atoms. The van der Waals surface area contributed by atoms with Gasteiger partial charge in [0.15, 0.2) is 31.5 Å². The summed E-state index contributed by atoms with van der Waals surface area (Å²) in [4.78, 5) is 25.2. The molecule has 2 aromatic heterocycles. The Morgan fingerprint density at radius 2 is 1.94 bits per heavy atom. The maximum absolute atomic E-state index is 12.6. The predicted molar refractivity (Wildman–Crippen MR) is 135 cm³/mol. The maximum atomic E-state index is 12.6. The van der Waals surface area contributed by atoms with E-state index in [1.807, 2.05) is 6.07 Å². The summed E-state index contributed by atoms with van der Waals surface area (Å²) in [5.41, 5.74) is 1.37. The number of carbonyl (C=O) groups excluding carboxylic acids is 1.